The molecule has 1 saturated heterocycles. The van der Waals surface area contributed by atoms with Gasteiger partial charge in [0.05, 0.1) is 9.92 Å². The van der Waals surface area contributed by atoms with Crippen molar-refractivity contribution in [1.29, 1.82) is 0 Å². The van der Waals surface area contributed by atoms with Crippen LogP contribution in [0.1, 0.15) is 32.1 Å². The molecule has 1 aliphatic carbocycles. The van der Waals surface area contributed by atoms with Gasteiger partial charge in [0, 0.05) is 6.07 Å². The fourth-order valence-corrected chi connectivity index (χ4v) is 7.39. The van der Waals surface area contributed by atoms with Gasteiger partial charge in [-0.3, -0.25) is 10.0 Å². The summed E-state index contributed by atoms with van der Waals surface area (Å²) in [5.41, 5.74) is 1.27. The number of hydrogen-bond donors (Lipinski definition) is 3. The van der Waals surface area contributed by atoms with Crippen molar-refractivity contribution in [1.82, 2.24) is 10.8 Å². The van der Waals surface area contributed by atoms with Crippen molar-refractivity contribution in [3.63, 3.8) is 0 Å². The minimum atomic E-state index is -4.90. The molecule has 2 aromatic rings. The third kappa shape index (κ3) is 5.13. The smallest absolute Gasteiger partial charge is 0.457 e. The predicted molar refractivity (Wildman–Crippen MR) is 123 cm³/mol. The topological polar surface area (TPSA) is 114 Å². The number of carbonyl (C=O) groups excluding carboxylic acids is 1. The second-order valence-electron chi connectivity index (χ2n) is 9.08. The van der Waals surface area contributed by atoms with E-state index in [1.165, 1.54) is 30.3 Å². The second-order valence-corrected chi connectivity index (χ2v) is 11.7. The van der Waals surface area contributed by atoms with Crippen LogP contribution in [0, 0.1) is 5.41 Å². The zero-order valence-electron chi connectivity index (χ0n) is 18.9. The lowest BCUT2D eigenvalue weighted by Crippen LogP contribution is -2.51. The van der Waals surface area contributed by atoms with E-state index in [0.29, 0.717) is 6.42 Å². The van der Waals surface area contributed by atoms with Crippen molar-refractivity contribution >= 4 is 27.3 Å². The Morgan fingerprint density at radius 3 is 2.25 bits per heavy atom. The van der Waals surface area contributed by atoms with Gasteiger partial charge in [-0.1, -0.05) is 11.6 Å². The molecule has 1 heterocycles. The minimum Gasteiger partial charge on any atom is -0.457 e. The highest BCUT2D eigenvalue weighted by atomic mass is 35.5. The lowest BCUT2D eigenvalue weighted by molar-refractivity contribution is -0.274. The van der Waals surface area contributed by atoms with Crippen LogP contribution >= 0.6 is 11.6 Å². The standard InChI is InChI=1S/C23H24ClF3N2O6S/c24-18-13-16(3-6-19(18)35-23(25,26)27)34-15-1-4-17(5-2-15)36(32,33)22(20(30)29-31)8-7-21(14-22)9-11-28-12-10-21/h1-6,13,28,31H,7-12,14H2,(H,29,30). The van der Waals surface area contributed by atoms with Gasteiger partial charge in [-0.2, -0.15) is 0 Å². The molecule has 1 unspecified atom stereocenters. The van der Waals surface area contributed by atoms with Crippen LogP contribution in [-0.4, -0.2) is 43.7 Å². The number of nitrogens with one attached hydrogen (secondary N) is 2. The third-order valence-electron chi connectivity index (χ3n) is 6.91. The van der Waals surface area contributed by atoms with Crippen LogP contribution in [0.2, 0.25) is 5.02 Å². The van der Waals surface area contributed by atoms with E-state index in [0.717, 1.165) is 38.1 Å². The summed E-state index contributed by atoms with van der Waals surface area (Å²) < 4.78 is 72.2. The van der Waals surface area contributed by atoms with Crippen LogP contribution in [0.15, 0.2) is 47.4 Å². The average molecular weight is 549 g/mol. The van der Waals surface area contributed by atoms with E-state index < -0.39 is 32.6 Å². The SMILES string of the molecule is O=C(NO)C1(S(=O)(=O)c2ccc(Oc3ccc(OC(F)(F)F)c(Cl)c3)cc2)CCC2(CCNCC2)C1. The molecule has 0 aromatic heterocycles. The number of sulfone groups is 1. The molecular weight excluding hydrogens is 525 g/mol. The predicted octanol–water partition coefficient (Wildman–Crippen LogP) is 4.60. The van der Waals surface area contributed by atoms with Gasteiger partial charge in [-0.25, -0.2) is 13.9 Å². The Labute approximate surface area is 210 Å². The van der Waals surface area contributed by atoms with Crippen LogP contribution in [0.5, 0.6) is 17.2 Å². The van der Waals surface area contributed by atoms with Crippen molar-refractivity contribution in [2.24, 2.45) is 5.41 Å². The molecule has 2 aliphatic rings. The van der Waals surface area contributed by atoms with Crippen molar-refractivity contribution in [2.45, 2.75) is 48.1 Å². The summed E-state index contributed by atoms with van der Waals surface area (Å²) >= 11 is 5.83. The van der Waals surface area contributed by atoms with E-state index >= 15 is 0 Å². The Balaban J connectivity index is 1.56. The number of rotatable bonds is 6. The summed E-state index contributed by atoms with van der Waals surface area (Å²) in [6.07, 6.45) is -2.66. The van der Waals surface area contributed by atoms with Gasteiger partial charge in [0.1, 0.15) is 17.2 Å². The van der Waals surface area contributed by atoms with Gasteiger partial charge in [0.15, 0.2) is 14.6 Å². The molecule has 0 radical (unpaired) electrons. The molecule has 1 atom stereocenters. The first kappa shape index (κ1) is 26.5. The molecule has 1 amide bonds. The first-order chi connectivity index (χ1) is 16.9. The molecule has 2 fully saturated rings. The number of amides is 1. The number of hydroxylamine groups is 1. The molecule has 1 aliphatic heterocycles. The van der Waals surface area contributed by atoms with Crippen LogP contribution < -0.4 is 20.3 Å². The van der Waals surface area contributed by atoms with Crippen LogP contribution in [-0.2, 0) is 14.6 Å². The maximum Gasteiger partial charge on any atom is 0.573 e. The van der Waals surface area contributed by atoms with E-state index in [1.54, 1.807) is 5.48 Å². The van der Waals surface area contributed by atoms with Crippen LogP contribution in [0.3, 0.4) is 0 Å². The minimum absolute atomic E-state index is 0.0881. The van der Waals surface area contributed by atoms with Crippen molar-refractivity contribution < 1.29 is 41.1 Å². The zero-order chi connectivity index (χ0) is 26.2. The van der Waals surface area contributed by atoms with E-state index in [-0.39, 0.29) is 39.7 Å². The molecule has 4 rings (SSSR count). The van der Waals surface area contributed by atoms with Gasteiger partial charge >= 0.3 is 6.36 Å². The average Bonchev–Trinajstić information content (AvgIpc) is 3.21. The Kier molecular flexibility index (Phi) is 7.17. The van der Waals surface area contributed by atoms with Gasteiger partial charge in [0.2, 0.25) is 0 Å². The number of alkyl halides is 3. The number of hydrogen-bond acceptors (Lipinski definition) is 7. The molecule has 1 saturated carbocycles. The normalized spacial score (nSPS) is 21.8. The molecule has 196 valence electrons. The second kappa shape index (κ2) is 9.73. The number of halogens is 4. The van der Waals surface area contributed by atoms with Gasteiger partial charge in [-0.05, 0) is 87.0 Å². The van der Waals surface area contributed by atoms with Gasteiger partial charge in [-0.15, -0.1) is 13.2 Å². The summed E-state index contributed by atoms with van der Waals surface area (Å²) in [6.45, 7) is 1.46. The fourth-order valence-electron chi connectivity index (χ4n) is 5.08. The zero-order valence-corrected chi connectivity index (χ0v) is 20.5. The Morgan fingerprint density at radius 1 is 1.03 bits per heavy atom. The van der Waals surface area contributed by atoms with Gasteiger partial charge in [0.25, 0.3) is 5.91 Å². The van der Waals surface area contributed by atoms with Crippen LogP contribution in [0.25, 0.3) is 0 Å². The molecular formula is C23H24ClF3N2O6S. The molecule has 36 heavy (non-hydrogen) atoms. The Hall–Kier alpha value is -2.54. The lowest BCUT2D eigenvalue weighted by atomic mass is 9.77. The largest absolute Gasteiger partial charge is 0.573 e. The molecule has 3 N–H and O–H groups in total. The molecule has 13 heteroatoms. The maximum atomic E-state index is 13.7. The summed E-state index contributed by atoms with van der Waals surface area (Å²) in [5.74, 6) is -1.25. The molecule has 1 spiro atoms. The summed E-state index contributed by atoms with van der Waals surface area (Å²) in [5, 5.41) is 12.3. The van der Waals surface area contributed by atoms with Crippen molar-refractivity contribution in [3.05, 3.63) is 47.5 Å². The highest BCUT2D eigenvalue weighted by Crippen LogP contribution is 2.54. The first-order valence-electron chi connectivity index (χ1n) is 11.1. The maximum absolute atomic E-state index is 13.7. The monoisotopic (exact) mass is 548 g/mol. The van der Waals surface area contributed by atoms with Gasteiger partial charge < -0.3 is 14.8 Å². The molecule has 2 aromatic carbocycles. The first-order valence-corrected chi connectivity index (χ1v) is 13.0. The fraction of sp³-hybridized carbons (Fsp3) is 0.435. The highest BCUT2D eigenvalue weighted by Gasteiger charge is 2.60. The molecule has 0 bridgehead atoms. The van der Waals surface area contributed by atoms with Crippen molar-refractivity contribution in [3.8, 4) is 17.2 Å². The summed E-state index contributed by atoms with van der Waals surface area (Å²) in [4.78, 5) is 12.6. The van der Waals surface area contributed by atoms with E-state index in [9.17, 15) is 31.6 Å². The Morgan fingerprint density at radius 2 is 1.67 bits per heavy atom. The quantitative estimate of drug-likeness (QED) is 0.357. The highest BCUT2D eigenvalue weighted by molar-refractivity contribution is 7.93. The number of ether oxygens (including phenoxy) is 2. The van der Waals surface area contributed by atoms with E-state index in [2.05, 4.69) is 10.1 Å². The number of benzene rings is 2. The summed E-state index contributed by atoms with van der Waals surface area (Å²) in [7, 11) is -4.20. The third-order valence-corrected chi connectivity index (χ3v) is 9.66. The van der Waals surface area contributed by atoms with E-state index in [4.69, 9.17) is 16.3 Å². The molecule has 8 nitrogen and oxygen atoms in total. The van der Waals surface area contributed by atoms with Crippen molar-refractivity contribution in [2.75, 3.05) is 13.1 Å². The van der Waals surface area contributed by atoms with E-state index in [1.807, 2.05) is 0 Å². The number of piperidine rings is 1. The van der Waals surface area contributed by atoms with Crippen LogP contribution in [0.4, 0.5) is 13.2 Å². The Bertz CT molecular complexity index is 1230. The lowest BCUT2D eigenvalue weighted by Gasteiger charge is -2.36. The number of carbonyl (C=O) groups is 1. The summed E-state index contributed by atoms with van der Waals surface area (Å²) in [6, 6.07) is 8.64.